The van der Waals surface area contributed by atoms with Crippen LogP contribution in [0.25, 0.3) is 0 Å². The average molecular weight is 273 g/mol. The largest absolute Gasteiger partial charge is 0.373 e. The molecule has 0 saturated carbocycles. The van der Waals surface area contributed by atoms with Crippen LogP contribution in [0, 0.1) is 0 Å². The third-order valence-electron chi connectivity index (χ3n) is 3.44. The Morgan fingerprint density at radius 2 is 2.20 bits per heavy atom. The minimum absolute atomic E-state index is 0.0947. The molecular weight excluding hydrogens is 254 g/mol. The minimum atomic E-state index is 0.0947. The van der Waals surface area contributed by atoms with Crippen LogP contribution in [0.1, 0.15) is 42.2 Å². The van der Waals surface area contributed by atoms with Crippen molar-refractivity contribution in [3.8, 4) is 0 Å². The van der Waals surface area contributed by atoms with Crippen molar-refractivity contribution >= 4 is 0 Å². The molecule has 0 bridgehead atoms. The molecule has 1 aromatic heterocycles. The van der Waals surface area contributed by atoms with E-state index in [1.54, 1.807) is 0 Å². The number of rotatable bonds is 5. The maximum Gasteiger partial charge on any atom is 0.244 e. The Hall–Kier alpha value is -1.72. The van der Waals surface area contributed by atoms with Gasteiger partial charge >= 0.3 is 0 Å². The molecule has 0 saturated heterocycles. The van der Waals surface area contributed by atoms with Crippen LogP contribution in [0.3, 0.4) is 0 Å². The molecule has 0 aliphatic carbocycles. The topological polar surface area (TPSA) is 60.2 Å². The Morgan fingerprint density at radius 1 is 1.35 bits per heavy atom. The van der Waals surface area contributed by atoms with Gasteiger partial charge in [-0.2, -0.15) is 4.98 Å². The van der Waals surface area contributed by atoms with E-state index < -0.39 is 0 Å². The molecule has 1 aliphatic heterocycles. The van der Waals surface area contributed by atoms with Gasteiger partial charge in [-0.1, -0.05) is 36.3 Å². The molecule has 5 heteroatoms. The summed E-state index contributed by atoms with van der Waals surface area (Å²) < 4.78 is 10.8. The van der Waals surface area contributed by atoms with Crippen molar-refractivity contribution in [1.29, 1.82) is 0 Å². The van der Waals surface area contributed by atoms with Crippen LogP contribution in [0.15, 0.2) is 28.8 Å². The SMILES string of the molecule is CCCOCc1noc([C@H]2Cc3ccccc3CN2)n1. The smallest absolute Gasteiger partial charge is 0.244 e. The third kappa shape index (κ3) is 2.89. The lowest BCUT2D eigenvalue weighted by Gasteiger charge is -2.23. The Bertz CT molecular complexity index is 568. The van der Waals surface area contributed by atoms with Crippen LogP contribution in [-0.2, 0) is 24.3 Å². The molecular formula is C15H19N3O2. The second-order valence-corrected chi connectivity index (χ2v) is 5.01. The van der Waals surface area contributed by atoms with Gasteiger partial charge in [0.1, 0.15) is 6.61 Å². The van der Waals surface area contributed by atoms with Crippen molar-refractivity contribution in [2.24, 2.45) is 0 Å². The number of nitrogens with zero attached hydrogens (tertiary/aromatic N) is 2. The lowest BCUT2D eigenvalue weighted by molar-refractivity contribution is 0.114. The van der Waals surface area contributed by atoms with E-state index in [-0.39, 0.29) is 6.04 Å². The first-order valence-corrected chi connectivity index (χ1v) is 7.07. The first-order valence-electron chi connectivity index (χ1n) is 7.07. The third-order valence-corrected chi connectivity index (χ3v) is 3.44. The Kier molecular flexibility index (Phi) is 4.08. The van der Waals surface area contributed by atoms with Crippen LogP contribution < -0.4 is 5.32 Å². The van der Waals surface area contributed by atoms with Gasteiger partial charge in [0.15, 0.2) is 5.82 Å². The summed E-state index contributed by atoms with van der Waals surface area (Å²) in [5, 5.41) is 7.40. The lowest BCUT2D eigenvalue weighted by atomic mass is 9.96. The quantitative estimate of drug-likeness (QED) is 0.848. The molecule has 3 rings (SSSR count). The van der Waals surface area contributed by atoms with Gasteiger partial charge in [-0.05, 0) is 24.0 Å². The summed E-state index contributed by atoms with van der Waals surface area (Å²) in [4.78, 5) is 4.41. The first kappa shape index (κ1) is 13.3. The van der Waals surface area contributed by atoms with Gasteiger partial charge in [-0.15, -0.1) is 0 Å². The summed E-state index contributed by atoms with van der Waals surface area (Å²) in [6, 6.07) is 8.54. The van der Waals surface area contributed by atoms with E-state index in [4.69, 9.17) is 9.26 Å². The fraction of sp³-hybridized carbons (Fsp3) is 0.467. The Morgan fingerprint density at radius 3 is 3.05 bits per heavy atom. The maximum atomic E-state index is 5.42. The van der Waals surface area contributed by atoms with Crippen molar-refractivity contribution < 1.29 is 9.26 Å². The molecule has 1 N–H and O–H groups in total. The molecule has 2 aromatic rings. The lowest BCUT2D eigenvalue weighted by Crippen LogP contribution is -2.28. The summed E-state index contributed by atoms with van der Waals surface area (Å²) in [5.74, 6) is 1.27. The van der Waals surface area contributed by atoms with E-state index in [1.807, 2.05) is 0 Å². The molecule has 5 nitrogen and oxygen atoms in total. The van der Waals surface area contributed by atoms with Gasteiger partial charge in [-0.3, -0.25) is 0 Å². The molecule has 1 aromatic carbocycles. The van der Waals surface area contributed by atoms with Crippen molar-refractivity contribution in [3.05, 3.63) is 47.1 Å². The molecule has 1 atom stereocenters. The van der Waals surface area contributed by atoms with E-state index in [0.29, 0.717) is 18.3 Å². The number of aromatic nitrogens is 2. The predicted octanol–water partition coefficient (Wildman–Crippen LogP) is 2.38. The molecule has 106 valence electrons. The zero-order valence-electron chi connectivity index (χ0n) is 11.6. The summed E-state index contributed by atoms with van der Waals surface area (Å²) >= 11 is 0. The zero-order valence-corrected chi connectivity index (χ0v) is 11.6. The maximum absolute atomic E-state index is 5.42. The van der Waals surface area contributed by atoms with Crippen molar-refractivity contribution in [3.63, 3.8) is 0 Å². The van der Waals surface area contributed by atoms with Crippen molar-refractivity contribution in [1.82, 2.24) is 15.5 Å². The van der Waals surface area contributed by atoms with E-state index in [9.17, 15) is 0 Å². The number of nitrogens with one attached hydrogen (secondary N) is 1. The fourth-order valence-corrected chi connectivity index (χ4v) is 2.40. The highest BCUT2D eigenvalue weighted by atomic mass is 16.5. The van der Waals surface area contributed by atoms with Crippen LogP contribution in [-0.4, -0.2) is 16.7 Å². The minimum Gasteiger partial charge on any atom is -0.373 e. The van der Waals surface area contributed by atoms with Crippen LogP contribution in [0.5, 0.6) is 0 Å². The highest BCUT2D eigenvalue weighted by Gasteiger charge is 2.24. The fourth-order valence-electron chi connectivity index (χ4n) is 2.40. The molecule has 2 heterocycles. The molecule has 20 heavy (non-hydrogen) atoms. The molecule has 0 spiro atoms. The Labute approximate surface area is 118 Å². The van der Waals surface area contributed by atoms with Gasteiger partial charge in [0.2, 0.25) is 5.89 Å². The summed E-state index contributed by atoms with van der Waals surface area (Å²) in [7, 11) is 0. The van der Waals surface area contributed by atoms with Crippen molar-refractivity contribution in [2.75, 3.05) is 6.61 Å². The summed E-state index contributed by atoms with van der Waals surface area (Å²) in [6.45, 7) is 4.05. The monoisotopic (exact) mass is 273 g/mol. The highest BCUT2D eigenvalue weighted by molar-refractivity contribution is 5.30. The predicted molar refractivity (Wildman–Crippen MR) is 74.0 cm³/mol. The summed E-state index contributed by atoms with van der Waals surface area (Å²) in [6.07, 6.45) is 1.87. The molecule has 0 fully saturated rings. The molecule has 0 amide bonds. The van der Waals surface area contributed by atoms with Gasteiger partial charge < -0.3 is 14.6 Å². The van der Waals surface area contributed by atoms with Gasteiger partial charge in [0.25, 0.3) is 0 Å². The standard InChI is InChI=1S/C15H19N3O2/c1-2-7-19-10-14-17-15(20-18-14)13-8-11-5-3-4-6-12(11)9-16-13/h3-6,13,16H,2,7-10H2,1H3/t13-/m1/s1. The second kappa shape index (κ2) is 6.15. The van der Waals surface area contributed by atoms with Crippen molar-refractivity contribution in [2.45, 2.75) is 39.0 Å². The molecule has 0 unspecified atom stereocenters. The zero-order chi connectivity index (χ0) is 13.8. The average Bonchev–Trinajstić information content (AvgIpc) is 2.96. The van der Waals surface area contributed by atoms with E-state index in [0.717, 1.165) is 26.0 Å². The Balaban J connectivity index is 1.66. The number of fused-ring (bicyclic) bond motifs is 1. The summed E-state index contributed by atoms with van der Waals surface area (Å²) in [5.41, 5.74) is 2.69. The van der Waals surface area contributed by atoms with E-state index in [2.05, 4.69) is 46.6 Å². The number of hydrogen-bond acceptors (Lipinski definition) is 5. The van der Waals surface area contributed by atoms with Gasteiger partial charge in [-0.25, -0.2) is 0 Å². The molecule has 1 aliphatic rings. The van der Waals surface area contributed by atoms with Gasteiger partial charge in [0.05, 0.1) is 6.04 Å². The number of ether oxygens (including phenoxy) is 1. The second-order valence-electron chi connectivity index (χ2n) is 5.01. The number of hydrogen-bond donors (Lipinski definition) is 1. The highest BCUT2D eigenvalue weighted by Crippen LogP contribution is 2.24. The molecule has 0 radical (unpaired) electrons. The van der Waals surface area contributed by atoms with E-state index >= 15 is 0 Å². The van der Waals surface area contributed by atoms with E-state index in [1.165, 1.54) is 11.1 Å². The van der Waals surface area contributed by atoms with Crippen LogP contribution in [0.4, 0.5) is 0 Å². The first-order chi connectivity index (χ1) is 9.86. The van der Waals surface area contributed by atoms with Crippen LogP contribution >= 0.6 is 0 Å². The van der Waals surface area contributed by atoms with Crippen LogP contribution in [0.2, 0.25) is 0 Å². The van der Waals surface area contributed by atoms with Gasteiger partial charge in [0, 0.05) is 13.2 Å². The number of benzene rings is 1. The normalized spacial score (nSPS) is 17.9.